The van der Waals surface area contributed by atoms with E-state index < -0.39 is 0 Å². The first kappa shape index (κ1) is 14.0. The van der Waals surface area contributed by atoms with Crippen LogP contribution in [0, 0.1) is 0 Å². The minimum absolute atomic E-state index is 0.0782. The van der Waals surface area contributed by atoms with Crippen LogP contribution in [-0.4, -0.2) is 50.6 Å². The molecular formula is C15H18N6O2. The zero-order valence-electron chi connectivity index (χ0n) is 12.7. The molecule has 0 radical (unpaired) electrons. The largest absolute Gasteiger partial charge is 0.342 e. The normalized spacial score (nSPS) is 17.4. The van der Waals surface area contributed by atoms with E-state index in [0.29, 0.717) is 42.4 Å². The van der Waals surface area contributed by atoms with Crippen LogP contribution in [-0.2, 0) is 13.0 Å². The van der Waals surface area contributed by atoms with E-state index >= 15 is 0 Å². The van der Waals surface area contributed by atoms with Gasteiger partial charge in [-0.3, -0.25) is 19.7 Å². The van der Waals surface area contributed by atoms with Crippen molar-refractivity contribution in [2.24, 2.45) is 0 Å². The average Bonchev–Trinajstić information content (AvgIpc) is 3.27. The van der Waals surface area contributed by atoms with E-state index in [2.05, 4.69) is 25.1 Å². The number of rotatable bonds is 2. The molecule has 0 aliphatic carbocycles. The van der Waals surface area contributed by atoms with Crippen molar-refractivity contribution in [1.82, 2.24) is 25.1 Å². The summed E-state index contributed by atoms with van der Waals surface area (Å²) in [6.45, 7) is 2.70. The molecule has 0 unspecified atom stereocenters. The second-order valence-corrected chi connectivity index (χ2v) is 5.96. The smallest absolute Gasteiger partial charge is 0.272 e. The van der Waals surface area contributed by atoms with Gasteiger partial charge in [0.2, 0.25) is 5.95 Å². The number of fused-ring (bicyclic) bond motifs is 1. The summed E-state index contributed by atoms with van der Waals surface area (Å²) in [7, 11) is 0. The molecule has 0 saturated carbocycles. The van der Waals surface area contributed by atoms with Crippen LogP contribution in [0.3, 0.4) is 0 Å². The lowest BCUT2D eigenvalue weighted by Gasteiger charge is -2.28. The molecule has 2 aromatic rings. The predicted octanol–water partition coefficient (Wildman–Crippen LogP) is 0.292. The molecule has 2 aliphatic rings. The Balaban J connectivity index is 1.62. The Hall–Kier alpha value is -2.64. The Morgan fingerprint density at radius 1 is 1.22 bits per heavy atom. The van der Waals surface area contributed by atoms with Crippen LogP contribution in [0.5, 0.6) is 0 Å². The summed E-state index contributed by atoms with van der Waals surface area (Å²) in [5.41, 5.74) is 1.78. The predicted molar refractivity (Wildman–Crippen MR) is 83.3 cm³/mol. The molecule has 0 spiro atoms. The second kappa shape index (κ2) is 5.53. The SMILES string of the molecule is O=C(c1ccn[nH]1)N1CCc2c(nc(N3CCCC3)[nH]c2=O)C1. The standard InChI is InChI=1S/C15H18N6O2/c22-13-10-4-8-21(14(23)11-3-5-16-19-11)9-12(10)17-15(18-13)20-6-1-2-7-20/h3,5H,1-2,4,6-9H2,(H,16,19)(H,17,18,22). The highest BCUT2D eigenvalue weighted by Crippen LogP contribution is 2.20. The molecule has 2 aliphatic heterocycles. The van der Waals surface area contributed by atoms with Gasteiger partial charge in [0.25, 0.3) is 11.5 Å². The molecule has 1 amide bonds. The number of carbonyl (C=O) groups is 1. The lowest BCUT2D eigenvalue weighted by molar-refractivity contribution is 0.0725. The molecule has 2 aromatic heterocycles. The minimum atomic E-state index is -0.113. The van der Waals surface area contributed by atoms with Crippen molar-refractivity contribution in [3.8, 4) is 0 Å². The highest BCUT2D eigenvalue weighted by Gasteiger charge is 2.27. The first-order chi connectivity index (χ1) is 11.2. The Morgan fingerprint density at radius 3 is 2.78 bits per heavy atom. The number of anilines is 1. The molecule has 4 rings (SSSR count). The first-order valence-electron chi connectivity index (χ1n) is 7.88. The van der Waals surface area contributed by atoms with Gasteiger partial charge in [0.15, 0.2) is 0 Å². The van der Waals surface area contributed by atoms with Crippen LogP contribution in [0.4, 0.5) is 5.95 Å². The van der Waals surface area contributed by atoms with Crippen molar-refractivity contribution >= 4 is 11.9 Å². The van der Waals surface area contributed by atoms with Gasteiger partial charge < -0.3 is 9.80 Å². The molecular weight excluding hydrogens is 296 g/mol. The fraction of sp³-hybridized carbons (Fsp3) is 0.467. The minimum Gasteiger partial charge on any atom is -0.342 e. The van der Waals surface area contributed by atoms with E-state index in [0.717, 1.165) is 25.9 Å². The Labute approximate surface area is 132 Å². The number of aromatic amines is 2. The average molecular weight is 314 g/mol. The Kier molecular flexibility index (Phi) is 3.36. The summed E-state index contributed by atoms with van der Waals surface area (Å²) in [6, 6.07) is 1.65. The van der Waals surface area contributed by atoms with Crippen LogP contribution < -0.4 is 10.5 Å². The van der Waals surface area contributed by atoms with Crippen LogP contribution in [0.1, 0.15) is 34.6 Å². The van der Waals surface area contributed by atoms with Crippen molar-refractivity contribution in [3.05, 3.63) is 39.6 Å². The van der Waals surface area contributed by atoms with Gasteiger partial charge in [0.05, 0.1) is 12.2 Å². The molecule has 1 fully saturated rings. The summed E-state index contributed by atoms with van der Waals surface area (Å²) in [6.07, 6.45) is 4.31. The summed E-state index contributed by atoms with van der Waals surface area (Å²) < 4.78 is 0. The molecule has 0 bridgehead atoms. The van der Waals surface area contributed by atoms with Crippen LogP contribution in [0.25, 0.3) is 0 Å². The monoisotopic (exact) mass is 314 g/mol. The quantitative estimate of drug-likeness (QED) is 0.830. The topological polar surface area (TPSA) is 98.0 Å². The fourth-order valence-corrected chi connectivity index (χ4v) is 3.22. The van der Waals surface area contributed by atoms with E-state index in [-0.39, 0.29) is 11.5 Å². The third-order valence-corrected chi connectivity index (χ3v) is 4.48. The molecule has 4 heterocycles. The molecule has 120 valence electrons. The number of H-pyrrole nitrogens is 2. The summed E-state index contributed by atoms with van der Waals surface area (Å²) in [5, 5.41) is 6.50. The summed E-state index contributed by atoms with van der Waals surface area (Å²) in [4.78, 5) is 36.0. The van der Waals surface area contributed by atoms with Crippen molar-refractivity contribution in [3.63, 3.8) is 0 Å². The number of amides is 1. The van der Waals surface area contributed by atoms with Crippen molar-refractivity contribution in [2.75, 3.05) is 24.5 Å². The summed E-state index contributed by atoms with van der Waals surface area (Å²) in [5.74, 6) is 0.514. The van der Waals surface area contributed by atoms with Crippen LogP contribution in [0.2, 0.25) is 0 Å². The molecule has 0 aromatic carbocycles. The van der Waals surface area contributed by atoms with E-state index in [9.17, 15) is 9.59 Å². The third kappa shape index (κ3) is 2.49. The summed E-state index contributed by atoms with van der Waals surface area (Å²) >= 11 is 0. The van der Waals surface area contributed by atoms with Gasteiger partial charge in [-0.25, -0.2) is 4.98 Å². The Bertz CT molecular complexity index is 776. The van der Waals surface area contributed by atoms with Crippen molar-refractivity contribution in [1.29, 1.82) is 0 Å². The van der Waals surface area contributed by atoms with E-state index in [1.165, 1.54) is 0 Å². The van der Waals surface area contributed by atoms with Crippen LogP contribution in [0.15, 0.2) is 17.1 Å². The van der Waals surface area contributed by atoms with Crippen molar-refractivity contribution in [2.45, 2.75) is 25.8 Å². The number of nitrogens with zero attached hydrogens (tertiary/aromatic N) is 4. The molecule has 8 heteroatoms. The highest BCUT2D eigenvalue weighted by atomic mass is 16.2. The lowest BCUT2D eigenvalue weighted by Crippen LogP contribution is -2.40. The van der Waals surface area contributed by atoms with E-state index in [4.69, 9.17) is 0 Å². The van der Waals surface area contributed by atoms with Gasteiger partial charge in [0, 0.05) is 31.4 Å². The first-order valence-corrected chi connectivity index (χ1v) is 7.88. The molecule has 23 heavy (non-hydrogen) atoms. The maximum atomic E-state index is 12.4. The van der Waals surface area contributed by atoms with E-state index in [1.807, 2.05) is 0 Å². The van der Waals surface area contributed by atoms with Gasteiger partial charge in [-0.1, -0.05) is 0 Å². The van der Waals surface area contributed by atoms with Gasteiger partial charge in [-0.05, 0) is 25.3 Å². The maximum Gasteiger partial charge on any atom is 0.272 e. The zero-order valence-corrected chi connectivity index (χ0v) is 12.7. The molecule has 2 N–H and O–H groups in total. The van der Waals surface area contributed by atoms with Crippen LogP contribution >= 0.6 is 0 Å². The fourth-order valence-electron chi connectivity index (χ4n) is 3.22. The highest BCUT2D eigenvalue weighted by molar-refractivity contribution is 5.92. The third-order valence-electron chi connectivity index (χ3n) is 4.48. The number of aromatic nitrogens is 4. The van der Waals surface area contributed by atoms with Gasteiger partial charge in [-0.2, -0.15) is 5.10 Å². The van der Waals surface area contributed by atoms with Crippen molar-refractivity contribution < 1.29 is 4.79 Å². The van der Waals surface area contributed by atoms with Gasteiger partial charge in [-0.15, -0.1) is 0 Å². The lowest BCUT2D eigenvalue weighted by atomic mass is 10.1. The Morgan fingerprint density at radius 2 is 2.04 bits per heavy atom. The zero-order chi connectivity index (χ0) is 15.8. The van der Waals surface area contributed by atoms with Gasteiger partial charge >= 0.3 is 0 Å². The molecule has 0 atom stereocenters. The van der Waals surface area contributed by atoms with Gasteiger partial charge in [0.1, 0.15) is 5.69 Å². The number of nitrogens with one attached hydrogen (secondary N) is 2. The maximum absolute atomic E-state index is 12.4. The molecule has 1 saturated heterocycles. The molecule has 8 nitrogen and oxygen atoms in total. The van der Waals surface area contributed by atoms with E-state index in [1.54, 1.807) is 17.2 Å². The number of carbonyl (C=O) groups excluding carboxylic acids is 1. The second-order valence-electron chi connectivity index (χ2n) is 5.96. The number of hydrogen-bond acceptors (Lipinski definition) is 5. The number of hydrogen-bond donors (Lipinski definition) is 2.